The van der Waals surface area contributed by atoms with E-state index in [1.54, 1.807) is 0 Å². The summed E-state index contributed by atoms with van der Waals surface area (Å²) in [6.07, 6.45) is 1.49. The molecule has 2 atom stereocenters. The van der Waals surface area contributed by atoms with Crippen molar-refractivity contribution in [1.29, 1.82) is 0 Å². The highest BCUT2D eigenvalue weighted by atomic mass is 79.9. The molecule has 1 amide bonds. The predicted octanol–water partition coefficient (Wildman–Crippen LogP) is 2.50. The quantitative estimate of drug-likeness (QED) is 0.932. The number of hydrogen-bond donors (Lipinski definition) is 1. The molecule has 4 heteroatoms. The minimum absolute atomic E-state index is 0.164. The van der Waals surface area contributed by atoms with Gasteiger partial charge in [0.15, 0.2) is 0 Å². The highest BCUT2D eigenvalue weighted by molar-refractivity contribution is 9.10. The lowest BCUT2D eigenvalue weighted by Gasteiger charge is -2.19. The largest absolute Gasteiger partial charge is 0.341 e. The number of carbonyl (C=O) groups excluding carboxylic acids is 1. The van der Waals surface area contributed by atoms with Gasteiger partial charge in [0, 0.05) is 30.0 Å². The fourth-order valence-electron chi connectivity index (χ4n) is 2.31. The smallest absolute Gasteiger partial charge is 0.223 e. The Bertz CT molecular complexity index is 418. The van der Waals surface area contributed by atoms with E-state index in [1.807, 2.05) is 17.0 Å². The number of likely N-dealkylation sites (tertiary alicyclic amines) is 1. The van der Waals surface area contributed by atoms with Crippen LogP contribution in [0.5, 0.6) is 0 Å². The van der Waals surface area contributed by atoms with Crippen LogP contribution in [-0.2, 0) is 4.79 Å². The van der Waals surface area contributed by atoms with Gasteiger partial charge in [0.05, 0.1) is 0 Å². The van der Waals surface area contributed by atoms with Crippen LogP contribution in [-0.4, -0.2) is 29.9 Å². The van der Waals surface area contributed by atoms with Crippen LogP contribution in [0, 0.1) is 0 Å². The Balaban J connectivity index is 1.92. The maximum Gasteiger partial charge on any atom is 0.223 e. The van der Waals surface area contributed by atoms with Gasteiger partial charge in [0.2, 0.25) is 5.91 Å². The molecular formula is C14H19BrN2O. The fourth-order valence-corrected chi connectivity index (χ4v) is 2.58. The first-order valence-corrected chi connectivity index (χ1v) is 7.14. The molecule has 1 aliphatic rings. The number of rotatable bonds is 3. The maximum absolute atomic E-state index is 12.1. The summed E-state index contributed by atoms with van der Waals surface area (Å²) in [4.78, 5) is 14.0. The van der Waals surface area contributed by atoms with Gasteiger partial charge in [-0.3, -0.25) is 4.79 Å². The van der Waals surface area contributed by atoms with Crippen LogP contribution in [0.1, 0.15) is 31.2 Å². The van der Waals surface area contributed by atoms with E-state index in [0.717, 1.165) is 17.4 Å². The van der Waals surface area contributed by atoms with Crippen LogP contribution >= 0.6 is 15.9 Å². The third-order valence-electron chi connectivity index (χ3n) is 3.50. The number of carbonyl (C=O) groups is 1. The summed E-state index contributed by atoms with van der Waals surface area (Å²) in [6, 6.07) is 8.33. The van der Waals surface area contributed by atoms with Gasteiger partial charge >= 0.3 is 0 Å². The Kier molecular flexibility index (Phi) is 4.40. The molecular weight excluding hydrogens is 292 g/mol. The molecule has 3 nitrogen and oxygen atoms in total. The molecule has 0 aliphatic carbocycles. The normalized spacial score (nSPS) is 21.1. The minimum Gasteiger partial charge on any atom is -0.341 e. The van der Waals surface area contributed by atoms with E-state index in [9.17, 15) is 4.79 Å². The van der Waals surface area contributed by atoms with Crippen LogP contribution in [0.3, 0.4) is 0 Å². The summed E-state index contributed by atoms with van der Waals surface area (Å²) in [5.41, 5.74) is 7.03. The maximum atomic E-state index is 12.1. The predicted molar refractivity (Wildman–Crippen MR) is 76.3 cm³/mol. The summed E-state index contributed by atoms with van der Waals surface area (Å²) in [5, 5.41) is 0. The van der Waals surface area contributed by atoms with Gasteiger partial charge < -0.3 is 10.6 Å². The molecule has 0 spiro atoms. The average Bonchev–Trinajstić information content (AvgIpc) is 2.76. The molecule has 2 unspecified atom stereocenters. The molecule has 1 heterocycles. The summed E-state index contributed by atoms with van der Waals surface area (Å²) >= 11 is 3.42. The zero-order valence-electron chi connectivity index (χ0n) is 10.6. The molecule has 18 heavy (non-hydrogen) atoms. The molecule has 0 saturated carbocycles. The van der Waals surface area contributed by atoms with Crippen molar-refractivity contribution in [2.75, 3.05) is 13.1 Å². The second-order valence-corrected chi connectivity index (χ2v) is 5.96. The van der Waals surface area contributed by atoms with Crippen molar-refractivity contribution in [2.24, 2.45) is 5.73 Å². The Morgan fingerprint density at radius 2 is 2.17 bits per heavy atom. The Labute approximate surface area is 116 Å². The van der Waals surface area contributed by atoms with Crippen molar-refractivity contribution in [2.45, 2.75) is 31.7 Å². The van der Waals surface area contributed by atoms with Crippen LogP contribution in [0.25, 0.3) is 0 Å². The molecule has 2 N–H and O–H groups in total. The molecule has 0 bridgehead atoms. The Morgan fingerprint density at radius 3 is 2.72 bits per heavy atom. The van der Waals surface area contributed by atoms with Crippen LogP contribution < -0.4 is 5.73 Å². The first-order chi connectivity index (χ1) is 8.56. The van der Waals surface area contributed by atoms with E-state index < -0.39 is 0 Å². The zero-order valence-corrected chi connectivity index (χ0v) is 12.2. The lowest BCUT2D eigenvalue weighted by molar-refractivity contribution is -0.130. The third kappa shape index (κ3) is 3.33. The lowest BCUT2D eigenvalue weighted by atomic mass is 9.97. The Morgan fingerprint density at radius 1 is 1.50 bits per heavy atom. The van der Waals surface area contributed by atoms with E-state index in [0.29, 0.717) is 13.0 Å². The molecule has 0 radical (unpaired) electrons. The molecule has 2 rings (SSSR count). The summed E-state index contributed by atoms with van der Waals surface area (Å²) in [5.74, 6) is 0.473. The van der Waals surface area contributed by atoms with Crippen molar-refractivity contribution in [1.82, 2.24) is 4.90 Å². The lowest BCUT2D eigenvalue weighted by Crippen LogP contribution is -2.32. The summed E-state index contributed by atoms with van der Waals surface area (Å²) < 4.78 is 1.07. The first-order valence-electron chi connectivity index (χ1n) is 6.35. The highest BCUT2D eigenvalue weighted by Gasteiger charge is 2.24. The molecule has 1 fully saturated rings. The van der Waals surface area contributed by atoms with E-state index in [1.165, 1.54) is 5.56 Å². The molecule has 1 saturated heterocycles. The molecule has 98 valence electrons. The number of nitrogens with zero attached hydrogens (tertiary/aromatic N) is 1. The van der Waals surface area contributed by atoms with E-state index in [-0.39, 0.29) is 17.9 Å². The number of halogens is 1. The third-order valence-corrected chi connectivity index (χ3v) is 4.03. The fraction of sp³-hybridized carbons (Fsp3) is 0.500. The van der Waals surface area contributed by atoms with Gasteiger partial charge in [-0.1, -0.05) is 35.0 Å². The van der Waals surface area contributed by atoms with E-state index in [4.69, 9.17) is 5.73 Å². The van der Waals surface area contributed by atoms with Crippen LogP contribution in [0.2, 0.25) is 0 Å². The van der Waals surface area contributed by atoms with Crippen LogP contribution in [0.4, 0.5) is 0 Å². The van der Waals surface area contributed by atoms with Gasteiger partial charge in [0.25, 0.3) is 0 Å². The molecule has 1 aromatic carbocycles. The van der Waals surface area contributed by atoms with Crippen molar-refractivity contribution in [3.05, 3.63) is 34.3 Å². The van der Waals surface area contributed by atoms with Gasteiger partial charge in [0.1, 0.15) is 0 Å². The van der Waals surface area contributed by atoms with Crippen molar-refractivity contribution < 1.29 is 4.79 Å². The number of amides is 1. The highest BCUT2D eigenvalue weighted by Crippen LogP contribution is 2.23. The van der Waals surface area contributed by atoms with Gasteiger partial charge in [-0.05, 0) is 30.0 Å². The van der Waals surface area contributed by atoms with Gasteiger partial charge in [-0.2, -0.15) is 0 Å². The first kappa shape index (κ1) is 13.6. The zero-order chi connectivity index (χ0) is 13.1. The van der Waals surface area contributed by atoms with Gasteiger partial charge in [-0.15, -0.1) is 0 Å². The number of hydrogen-bond acceptors (Lipinski definition) is 2. The van der Waals surface area contributed by atoms with E-state index in [2.05, 4.69) is 35.0 Å². The second-order valence-electron chi connectivity index (χ2n) is 5.05. The summed E-state index contributed by atoms with van der Waals surface area (Å²) in [7, 11) is 0. The van der Waals surface area contributed by atoms with Crippen molar-refractivity contribution in [3.63, 3.8) is 0 Å². The van der Waals surface area contributed by atoms with Crippen molar-refractivity contribution in [3.8, 4) is 0 Å². The molecule has 1 aliphatic heterocycles. The average molecular weight is 311 g/mol. The van der Waals surface area contributed by atoms with Crippen LogP contribution in [0.15, 0.2) is 28.7 Å². The minimum atomic E-state index is 0.164. The number of benzene rings is 1. The topological polar surface area (TPSA) is 46.3 Å². The number of nitrogens with two attached hydrogens (primary N) is 1. The van der Waals surface area contributed by atoms with Gasteiger partial charge in [-0.25, -0.2) is 0 Å². The summed E-state index contributed by atoms with van der Waals surface area (Å²) in [6.45, 7) is 3.62. The van der Waals surface area contributed by atoms with Crippen molar-refractivity contribution >= 4 is 21.8 Å². The second kappa shape index (κ2) is 5.85. The Hall–Kier alpha value is -0.870. The molecule has 0 aromatic heterocycles. The monoisotopic (exact) mass is 310 g/mol. The molecule has 1 aromatic rings. The van der Waals surface area contributed by atoms with E-state index >= 15 is 0 Å². The SMILES string of the molecule is CC(CC(=O)N1CCC(N)C1)c1ccc(Br)cc1. The standard InChI is InChI=1S/C14H19BrN2O/c1-10(11-2-4-12(15)5-3-11)8-14(18)17-7-6-13(16)9-17/h2-5,10,13H,6-9,16H2,1H3.